The number of benzene rings is 1. The van der Waals surface area contributed by atoms with Gasteiger partial charge in [0, 0.05) is 12.8 Å². The number of sulfone groups is 1. The van der Waals surface area contributed by atoms with E-state index in [2.05, 4.69) is 10.6 Å². The molecular formula is C13H19ClN2O3S. The van der Waals surface area contributed by atoms with Crippen LogP contribution < -0.4 is 10.6 Å². The van der Waals surface area contributed by atoms with Gasteiger partial charge in [-0.3, -0.25) is 4.79 Å². The van der Waals surface area contributed by atoms with Crippen LogP contribution in [0, 0.1) is 0 Å². The van der Waals surface area contributed by atoms with Crippen molar-refractivity contribution in [2.45, 2.75) is 30.3 Å². The van der Waals surface area contributed by atoms with Crippen molar-refractivity contribution in [3.63, 3.8) is 0 Å². The lowest BCUT2D eigenvalue weighted by Crippen LogP contribution is -2.39. The van der Waals surface area contributed by atoms with E-state index in [1.165, 1.54) is 6.26 Å². The standard InChI is InChI=1S/C13H18N2O3S.ClH/c1-19(17,18)11-6-4-10(5-7-11)9-15-13(16)12-3-2-8-14-12;/h4-7,12,14H,2-3,8-9H2,1H3,(H,15,16);1H/t12-;/m0./s1. The number of halogens is 1. The summed E-state index contributed by atoms with van der Waals surface area (Å²) in [6, 6.07) is 6.47. The average molecular weight is 319 g/mol. The van der Waals surface area contributed by atoms with Crippen molar-refractivity contribution in [2.75, 3.05) is 12.8 Å². The van der Waals surface area contributed by atoms with E-state index < -0.39 is 9.84 Å². The number of amides is 1. The van der Waals surface area contributed by atoms with Crippen molar-refractivity contribution < 1.29 is 13.2 Å². The summed E-state index contributed by atoms with van der Waals surface area (Å²) < 4.78 is 22.6. The van der Waals surface area contributed by atoms with Crippen LogP contribution in [0.15, 0.2) is 29.2 Å². The highest BCUT2D eigenvalue weighted by Crippen LogP contribution is 2.10. The molecule has 0 radical (unpaired) electrons. The van der Waals surface area contributed by atoms with Gasteiger partial charge >= 0.3 is 0 Å². The molecule has 1 aliphatic rings. The van der Waals surface area contributed by atoms with E-state index in [0.29, 0.717) is 11.4 Å². The fourth-order valence-corrected chi connectivity index (χ4v) is 2.71. The molecule has 1 aromatic carbocycles. The number of carbonyl (C=O) groups excluding carboxylic acids is 1. The van der Waals surface area contributed by atoms with Crippen LogP contribution in [0.5, 0.6) is 0 Å². The van der Waals surface area contributed by atoms with Crippen LogP contribution in [0.25, 0.3) is 0 Å². The van der Waals surface area contributed by atoms with Gasteiger partial charge in [-0.2, -0.15) is 0 Å². The minimum Gasteiger partial charge on any atom is -0.351 e. The zero-order valence-corrected chi connectivity index (χ0v) is 12.9. The van der Waals surface area contributed by atoms with E-state index in [0.717, 1.165) is 24.9 Å². The molecule has 0 saturated carbocycles. The van der Waals surface area contributed by atoms with Crippen LogP contribution in [-0.2, 0) is 21.2 Å². The summed E-state index contributed by atoms with van der Waals surface area (Å²) in [4.78, 5) is 12.1. The number of carbonyl (C=O) groups is 1. The third kappa shape index (κ3) is 4.47. The fraction of sp³-hybridized carbons (Fsp3) is 0.462. The van der Waals surface area contributed by atoms with Crippen LogP contribution in [0.2, 0.25) is 0 Å². The maximum absolute atomic E-state index is 11.8. The first-order chi connectivity index (χ1) is 8.97. The fourth-order valence-electron chi connectivity index (χ4n) is 2.08. The number of nitrogens with one attached hydrogen (secondary N) is 2. The summed E-state index contributed by atoms with van der Waals surface area (Å²) in [5, 5.41) is 5.98. The highest BCUT2D eigenvalue weighted by Gasteiger charge is 2.21. The maximum Gasteiger partial charge on any atom is 0.237 e. The van der Waals surface area contributed by atoms with Crippen molar-refractivity contribution in [1.82, 2.24) is 10.6 Å². The Kier molecular flexibility index (Phi) is 5.98. The molecule has 1 aliphatic heterocycles. The first kappa shape index (κ1) is 16.9. The van der Waals surface area contributed by atoms with Crippen LogP contribution >= 0.6 is 12.4 Å². The van der Waals surface area contributed by atoms with Crippen molar-refractivity contribution >= 4 is 28.2 Å². The zero-order valence-electron chi connectivity index (χ0n) is 11.3. The van der Waals surface area contributed by atoms with Crippen LogP contribution in [0.3, 0.4) is 0 Å². The Balaban J connectivity index is 0.00000200. The van der Waals surface area contributed by atoms with Gasteiger partial charge in [0.05, 0.1) is 10.9 Å². The Morgan fingerprint density at radius 2 is 2.00 bits per heavy atom. The molecule has 1 saturated heterocycles. The maximum atomic E-state index is 11.8. The van der Waals surface area contributed by atoms with Gasteiger partial charge in [0.25, 0.3) is 0 Å². The van der Waals surface area contributed by atoms with Crippen LogP contribution in [0.1, 0.15) is 18.4 Å². The van der Waals surface area contributed by atoms with Gasteiger partial charge in [0.15, 0.2) is 9.84 Å². The molecule has 1 amide bonds. The Labute approximate surface area is 125 Å². The Hall–Kier alpha value is -1.11. The average Bonchev–Trinajstić information content (AvgIpc) is 2.89. The topological polar surface area (TPSA) is 75.3 Å². The second-order valence-electron chi connectivity index (χ2n) is 4.78. The van der Waals surface area contributed by atoms with Crippen molar-refractivity contribution in [1.29, 1.82) is 0 Å². The van der Waals surface area contributed by atoms with Gasteiger partial charge in [-0.25, -0.2) is 8.42 Å². The predicted octanol–water partition coefficient (Wildman–Crippen LogP) is 0.880. The summed E-state index contributed by atoms with van der Waals surface area (Å²) in [5.74, 6) is 0.00434. The van der Waals surface area contributed by atoms with E-state index in [-0.39, 0.29) is 24.4 Å². The lowest BCUT2D eigenvalue weighted by Gasteiger charge is -2.11. The van der Waals surface area contributed by atoms with Gasteiger partial charge in [-0.15, -0.1) is 12.4 Å². The Morgan fingerprint density at radius 3 is 2.50 bits per heavy atom. The van der Waals surface area contributed by atoms with Gasteiger partial charge in [0.2, 0.25) is 5.91 Å². The molecular weight excluding hydrogens is 300 g/mol. The molecule has 1 aromatic rings. The molecule has 1 fully saturated rings. The molecule has 0 aromatic heterocycles. The molecule has 2 rings (SSSR count). The van der Waals surface area contributed by atoms with Gasteiger partial charge in [-0.05, 0) is 37.1 Å². The van der Waals surface area contributed by atoms with E-state index in [4.69, 9.17) is 0 Å². The highest BCUT2D eigenvalue weighted by atomic mass is 35.5. The molecule has 20 heavy (non-hydrogen) atoms. The quantitative estimate of drug-likeness (QED) is 0.864. The van der Waals surface area contributed by atoms with E-state index in [1.807, 2.05) is 0 Å². The first-order valence-electron chi connectivity index (χ1n) is 6.27. The van der Waals surface area contributed by atoms with Gasteiger partial charge < -0.3 is 10.6 Å². The van der Waals surface area contributed by atoms with Gasteiger partial charge in [0.1, 0.15) is 0 Å². The van der Waals surface area contributed by atoms with Crippen LogP contribution in [0.4, 0.5) is 0 Å². The molecule has 1 atom stereocenters. The summed E-state index contributed by atoms with van der Waals surface area (Å²) in [7, 11) is -3.16. The number of hydrogen-bond donors (Lipinski definition) is 2. The van der Waals surface area contributed by atoms with Crippen molar-refractivity contribution in [3.05, 3.63) is 29.8 Å². The minimum absolute atomic E-state index is 0. The molecule has 1 heterocycles. The second kappa shape index (κ2) is 7.06. The predicted molar refractivity (Wildman–Crippen MR) is 79.7 cm³/mol. The van der Waals surface area contributed by atoms with Crippen LogP contribution in [-0.4, -0.2) is 33.2 Å². The monoisotopic (exact) mass is 318 g/mol. The summed E-state index contributed by atoms with van der Waals surface area (Å²) in [6.07, 6.45) is 3.08. The molecule has 112 valence electrons. The molecule has 0 aliphatic carbocycles. The lowest BCUT2D eigenvalue weighted by molar-refractivity contribution is -0.122. The molecule has 0 unspecified atom stereocenters. The first-order valence-corrected chi connectivity index (χ1v) is 8.16. The van der Waals surface area contributed by atoms with E-state index in [9.17, 15) is 13.2 Å². The largest absolute Gasteiger partial charge is 0.351 e. The molecule has 0 bridgehead atoms. The molecule has 2 N–H and O–H groups in total. The minimum atomic E-state index is -3.16. The molecule has 7 heteroatoms. The lowest BCUT2D eigenvalue weighted by atomic mass is 10.2. The Morgan fingerprint density at radius 1 is 1.35 bits per heavy atom. The molecule has 5 nitrogen and oxygen atoms in total. The van der Waals surface area contributed by atoms with E-state index in [1.54, 1.807) is 24.3 Å². The van der Waals surface area contributed by atoms with Crippen molar-refractivity contribution in [3.8, 4) is 0 Å². The normalized spacial score (nSPS) is 18.4. The number of hydrogen-bond acceptors (Lipinski definition) is 4. The van der Waals surface area contributed by atoms with E-state index >= 15 is 0 Å². The van der Waals surface area contributed by atoms with Gasteiger partial charge in [-0.1, -0.05) is 12.1 Å². The summed E-state index contributed by atoms with van der Waals surface area (Å²) in [5.41, 5.74) is 0.888. The molecule has 0 spiro atoms. The van der Waals surface area contributed by atoms with Crippen molar-refractivity contribution in [2.24, 2.45) is 0 Å². The smallest absolute Gasteiger partial charge is 0.237 e. The third-order valence-electron chi connectivity index (χ3n) is 3.20. The third-order valence-corrected chi connectivity index (χ3v) is 4.32. The SMILES string of the molecule is CS(=O)(=O)c1ccc(CNC(=O)[C@@H]2CCCN2)cc1.Cl. The second-order valence-corrected chi connectivity index (χ2v) is 6.80. The Bertz CT molecular complexity index is 551. The summed E-state index contributed by atoms with van der Waals surface area (Å²) in [6.45, 7) is 1.31. The number of rotatable bonds is 4. The zero-order chi connectivity index (χ0) is 13.9. The summed E-state index contributed by atoms with van der Waals surface area (Å²) >= 11 is 0. The highest BCUT2D eigenvalue weighted by molar-refractivity contribution is 7.90.